The van der Waals surface area contributed by atoms with Gasteiger partial charge in [0.15, 0.2) is 0 Å². The molecular weight excluding hydrogens is 455 g/mol. The number of anilines is 1. The lowest BCUT2D eigenvalue weighted by atomic mass is 9.95. The molecule has 0 bridgehead atoms. The number of aromatic nitrogens is 2. The van der Waals surface area contributed by atoms with E-state index in [-0.39, 0.29) is 11.3 Å². The fraction of sp³-hybridized carbons (Fsp3) is 0.259. The fourth-order valence-corrected chi connectivity index (χ4v) is 4.44. The maximum absolute atomic E-state index is 13.0. The van der Waals surface area contributed by atoms with Crippen LogP contribution >= 0.6 is 0 Å². The van der Waals surface area contributed by atoms with Gasteiger partial charge in [0, 0.05) is 17.8 Å². The van der Waals surface area contributed by atoms with Crippen LogP contribution in [0, 0.1) is 0 Å². The van der Waals surface area contributed by atoms with Gasteiger partial charge in [0.25, 0.3) is 0 Å². The first-order valence-electron chi connectivity index (χ1n) is 11.6. The normalized spacial score (nSPS) is 14.7. The van der Waals surface area contributed by atoms with Gasteiger partial charge >= 0.3 is 12.1 Å². The smallest absolute Gasteiger partial charge is 0.416 e. The van der Waals surface area contributed by atoms with Crippen molar-refractivity contribution in [2.75, 3.05) is 5.32 Å². The number of carbonyl (C=O) groups excluding carboxylic acids is 1. The number of benzene rings is 2. The second-order valence-corrected chi connectivity index (χ2v) is 8.71. The molecule has 1 N–H and O–H groups in total. The summed E-state index contributed by atoms with van der Waals surface area (Å²) in [5.74, 6) is 0.305. The number of esters is 1. The third-order valence-corrected chi connectivity index (χ3v) is 6.24. The summed E-state index contributed by atoms with van der Waals surface area (Å²) in [6.45, 7) is 0. The predicted octanol–water partition coefficient (Wildman–Crippen LogP) is 6.98. The Morgan fingerprint density at radius 2 is 1.74 bits per heavy atom. The molecule has 1 aliphatic rings. The number of imidazole rings is 1. The zero-order valence-electron chi connectivity index (χ0n) is 18.9. The Balaban J connectivity index is 1.38. The van der Waals surface area contributed by atoms with E-state index < -0.39 is 17.7 Å². The number of alkyl halides is 3. The summed E-state index contributed by atoms with van der Waals surface area (Å²) in [5, 5.41) is 3.68. The number of halogens is 3. The molecule has 0 unspecified atom stereocenters. The summed E-state index contributed by atoms with van der Waals surface area (Å²) in [4.78, 5) is 17.2. The average molecular weight is 480 g/mol. The molecule has 1 fully saturated rings. The third kappa shape index (κ3) is 5.01. The predicted molar refractivity (Wildman–Crippen MR) is 128 cm³/mol. The second kappa shape index (κ2) is 9.44. The summed E-state index contributed by atoms with van der Waals surface area (Å²) < 4.78 is 46.2. The van der Waals surface area contributed by atoms with E-state index in [9.17, 15) is 18.0 Å². The summed E-state index contributed by atoms with van der Waals surface area (Å²) in [6.07, 6.45) is 3.34. The first-order chi connectivity index (χ1) is 16.9. The number of hydrogen-bond donors (Lipinski definition) is 1. The van der Waals surface area contributed by atoms with Crippen molar-refractivity contribution in [2.45, 2.75) is 44.3 Å². The van der Waals surface area contributed by atoms with Crippen molar-refractivity contribution in [1.29, 1.82) is 0 Å². The van der Waals surface area contributed by atoms with E-state index >= 15 is 0 Å². The number of fused-ring (bicyclic) bond motifs is 1. The minimum Gasteiger partial charge on any atom is -0.423 e. The van der Waals surface area contributed by atoms with Gasteiger partial charge in [0.2, 0.25) is 0 Å². The Hall–Kier alpha value is -3.81. The van der Waals surface area contributed by atoms with Crippen molar-refractivity contribution in [1.82, 2.24) is 9.38 Å². The molecule has 1 saturated carbocycles. The Labute approximate surface area is 200 Å². The van der Waals surface area contributed by atoms with E-state index in [4.69, 9.17) is 9.72 Å². The summed E-state index contributed by atoms with van der Waals surface area (Å²) in [7, 11) is 0. The minimum absolute atomic E-state index is 0.164. The molecule has 35 heavy (non-hydrogen) atoms. The van der Waals surface area contributed by atoms with Gasteiger partial charge in [-0.1, -0.05) is 31.4 Å². The Kier molecular flexibility index (Phi) is 6.19. The quantitative estimate of drug-likeness (QED) is 0.248. The molecule has 8 heteroatoms. The first-order valence-corrected chi connectivity index (χ1v) is 11.6. The van der Waals surface area contributed by atoms with Gasteiger partial charge < -0.3 is 10.1 Å². The SMILES string of the molecule is O=C(Oc1ccc(-c2nc3ccccn3c2NC2CCCCC2)cc1)c1cccc(C(F)(F)F)c1. The molecule has 0 radical (unpaired) electrons. The molecule has 5 rings (SSSR count). The van der Waals surface area contributed by atoms with Crippen LogP contribution in [0.5, 0.6) is 5.75 Å². The van der Waals surface area contributed by atoms with Crippen LogP contribution in [0.4, 0.5) is 19.0 Å². The van der Waals surface area contributed by atoms with E-state index in [1.54, 1.807) is 24.3 Å². The highest BCUT2D eigenvalue weighted by Crippen LogP contribution is 2.33. The fourth-order valence-electron chi connectivity index (χ4n) is 4.44. The lowest BCUT2D eigenvalue weighted by Gasteiger charge is -2.24. The standard InChI is InChI=1S/C27H24F3N3O2/c28-27(29,30)20-8-6-7-19(17-20)26(34)35-22-14-12-18(13-15-22)24-25(31-21-9-2-1-3-10-21)33-16-5-4-11-23(33)32-24/h4-8,11-17,21,31H,1-3,9-10H2. The zero-order valence-corrected chi connectivity index (χ0v) is 18.9. The van der Waals surface area contributed by atoms with Crippen molar-refractivity contribution in [3.05, 3.63) is 84.1 Å². The molecular formula is C27H24F3N3O2. The van der Waals surface area contributed by atoms with Crippen molar-refractivity contribution in [3.63, 3.8) is 0 Å². The molecule has 2 heterocycles. The number of pyridine rings is 1. The minimum atomic E-state index is -4.53. The van der Waals surface area contributed by atoms with Gasteiger partial charge in [-0.2, -0.15) is 13.2 Å². The maximum atomic E-state index is 13.0. The lowest BCUT2D eigenvalue weighted by Crippen LogP contribution is -2.23. The van der Waals surface area contributed by atoms with Crippen molar-refractivity contribution < 1.29 is 22.7 Å². The molecule has 0 atom stereocenters. The van der Waals surface area contributed by atoms with Crippen LogP contribution in [0.25, 0.3) is 16.9 Å². The van der Waals surface area contributed by atoms with E-state index in [0.29, 0.717) is 6.04 Å². The molecule has 0 amide bonds. The highest BCUT2D eigenvalue weighted by Gasteiger charge is 2.31. The molecule has 2 aromatic carbocycles. The van der Waals surface area contributed by atoms with Gasteiger partial charge in [-0.25, -0.2) is 9.78 Å². The number of rotatable bonds is 5. The molecule has 0 saturated heterocycles. The van der Waals surface area contributed by atoms with Gasteiger partial charge in [0.05, 0.1) is 11.1 Å². The number of nitrogens with one attached hydrogen (secondary N) is 1. The van der Waals surface area contributed by atoms with E-state index in [0.717, 1.165) is 47.7 Å². The third-order valence-electron chi connectivity index (χ3n) is 6.24. The largest absolute Gasteiger partial charge is 0.423 e. The van der Waals surface area contributed by atoms with E-state index in [1.165, 1.54) is 31.4 Å². The van der Waals surface area contributed by atoms with Crippen LogP contribution in [0.3, 0.4) is 0 Å². The molecule has 2 aromatic heterocycles. The van der Waals surface area contributed by atoms with Gasteiger partial charge in [-0.05, 0) is 67.4 Å². The maximum Gasteiger partial charge on any atom is 0.416 e. The second-order valence-electron chi connectivity index (χ2n) is 8.71. The summed E-state index contributed by atoms with van der Waals surface area (Å²) >= 11 is 0. The topological polar surface area (TPSA) is 55.6 Å². The van der Waals surface area contributed by atoms with Crippen LogP contribution < -0.4 is 10.1 Å². The molecule has 5 nitrogen and oxygen atoms in total. The summed E-state index contributed by atoms with van der Waals surface area (Å²) in [6, 6.07) is 17.2. The summed E-state index contributed by atoms with van der Waals surface area (Å²) in [5.41, 5.74) is 1.39. The highest BCUT2D eigenvalue weighted by atomic mass is 19.4. The molecule has 0 aliphatic heterocycles. The molecule has 0 spiro atoms. The van der Waals surface area contributed by atoms with Crippen LogP contribution in [0.2, 0.25) is 0 Å². The van der Waals surface area contributed by atoms with Gasteiger partial charge in [0.1, 0.15) is 22.9 Å². The lowest BCUT2D eigenvalue weighted by molar-refractivity contribution is -0.137. The Morgan fingerprint density at radius 3 is 2.49 bits per heavy atom. The van der Waals surface area contributed by atoms with Crippen molar-refractivity contribution in [2.24, 2.45) is 0 Å². The number of nitrogens with zero attached hydrogens (tertiary/aromatic N) is 2. The van der Waals surface area contributed by atoms with Crippen LogP contribution in [0.1, 0.15) is 48.0 Å². The van der Waals surface area contributed by atoms with Gasteiger partial charge in [-0.3, -0.25) is 4.40 Å². The number of ether oxygens (including phenoxy) is 1. The van der Waals surface area contributed by atoms with Crippen LogP contribution in [-0.4, -0.2) is 21.4 Å². The monoisotopic (exact) mass is 479 g/mol. The first kappa shape index (κ1) is 23.0. The van der Waals surface area contributed by atoms with Crippen LogP contribution in [0.15, 0.2) is 72.9 Å². The number of hydrogen-bond acceptors (Lipinski definition) is 4. The number of carbonyl (C=O) groups is 1. The van der Waals surface area contributed by atoms with E-state index in [1.807, 2.05) is 28.8 Å². The molecule has 180 valence electrons. The zero-order chi connectivity index (χ0) is 24.4. The van der Waals surface area contributed by atoms with Crippen molar-refractivity contribution in [3.8, 4) is 17.0 Å². The van der Waals surface area contributed by atoms with E-state index in [2.05, 4.69) is 5.32 Å². The highest BCUT2D eigenvalue weighted by molar-refractivity contribution is 5.91. The Bertz CT molecular complexity index is 1340. The Morgan fingerprint density at radius 1 is 0.971 bits per heavy atom. The molecule has 1 aliphatic carbocycles. The molecule has 4 aromatic rings. The van der Waals surface area contributed by atoms with Crippen molar-refractivity contribution >= 4 is 17.4 Å². The average Bonchev–Trinajstić information content (AvgIpc) is 3.23. The van der Waals surface area contributed by atoms with Crippen LogP contribution in [-0.2, 0) is 6.18 Å². The van der Waals surface area contributed by atoms with Gasteiger partial charge in [-0.15, -0.1) is 0 Å².